The Morgan fingerprint density at radius 3 is 2.24 bits per heavy atom. The molecule has 1 aliphatic carbocycles. The van der Waals surface area contributed by atoms with Crippen molar-refractivity contribution in [3.8, 4) is 5.75 Å². The van der Waals surface area contributed by atoms with Crippen LogP contribution in [0.5, 0.6) is 5.75 Å². The molecule has 34 heavy (non-hydrogen) atoms. The van der Waals surface area contributed by atoms with Crippen molar-refractivity contribution in [3.05, 3.63) is 77.4 Å². The zero-order valence-corrected chi connectivity index (χ0v) is 22.3. The first-order valence-corrected chi connectivity index (χ1v) is 13.3. The highest BCUT2D eigenvalue weighted by Gasteiger charge is 2.38. The Balaban J connectivity index is 1.78. The fourth-order valence-corrected chi connectivity index (χ4v) is 4.89. The zero-order valence-electron chi connectivity index (χ0n) is 22.3. The van der Waals surface area contributed by atoms with E-state index < -0.39 is 0 Å². The Morgan fingerprint density at radius 2 is 1.59 bits per heavy atom. The van der Waals surface area contributed by atoms with Crippen LogP contribution in [0.3, 0.4) is 0 Å². The van der Waals surface area contributed by atoms with Gasteiger partial charge in [-0.15, -0.1) is 0 Å². The van der Waals surface area contributed by atoms with Gasteiger partial charge in [0.2, 0.25) is 0 Å². The number of aryl methyl sites for hydroxylation is 1. The summed E-state index contributed by atoms with van der Waals surface area (Å²) in [5.74, 6) is 0.996. The van der Waals surface area contributed by atoms with Crippen LogP contribution < -0.4 is 9.64 Å². The zero-order chi connectivity index (χ0) is 24.5. The Morgan fingerprint density at radius 1 is 0.882 bits per heavy atom. The number of allylic oxidation sites excluding steroid dienone is 2. The predicted molar refractivity (Wildman–Crippen MR) is 146 cm³/mol. The number of fused-ring (bicyclic) bond motifs is 2. The van der Waals surface area contributed by atoms with Gasteiger partial charge >= 0.3 is 0 Å². The van der Waals surface area contributed by atoms with Crippen molar-refractivity contribution in [2.24, 2.45) is 5.41 Å². The maximum absolute atomic E-state index is 6.75. The summed E-state index contributed by atoms with van der Waals surface area (Å²) in [5, 5.41) is 0. The van der Waals surface area contributed by atoms with Gasteiger partial charge in [0.05, 0.1) is 11.7 Å². The molecule has 2 nitrogen and oxygen atoms in total. The van der Waals surface area contributed by atoms with Gasteiger partial charge < -0.3 is 9.64 Å². The number of anilines is 2. The van der Waals surface area contributed by atoms with E-state index in [0.29, 0.717) is 0 Å². The van der Waals surface area contributed by atoms with E-state index in [9.17, 15) is 0 Å². The minimum absolute atomic E-state index is 0.00178. The van der Waals surface area contributed by atoms with Gasteiger partial charge in [-0.25, -0.2) is 0 Å². The molecule has 0 N–H and O–H groups in total. The van der Waals surface area contributed by atoms with Gasteiger partial charge in [0, 0.05) is 5.69 Å². The van der Waals surface area contributed by atoms with E-state index in [1.165, 1.54) is 35.2 Å². The van der Waals surface area contributed by atoms with Crippen LogP contribution >= 0.6 is 0 Å². The molecule has 182 valence electrons. The largest absolute Gasteiger partial charge is 0.482 e. The first kappa shape index (κ1) is 24.6. The molecule has 0 radical (unpaired) electrons. The quantitative estimate of drug-likeness (QED) is 0.392. The molecule has 0 amide bonds. The molecule has 2 unspecified atom stereocenters. The number of rotatable bonds is 8. The second-order valence-corrected chi connectivity index (χ2v) is 11.4. The van der Waals surface area contributed by atoms with Crippen molar-refractivity contribution in [1.29, 1.82) is 0 Å². The van der Waals surface area contributed by atoms with Gasteiger partial charge in [0.1, 0.15) is 11.9 Å². The number of hydrogen-bond acceptors (Lipinski definition) is 2. The minimum atomic E-state index is -0.00178. The monoisotopic (exact) mass is 457 g/mol. The smallest absolute Gasteiger partial charge is 0.144 e. The lowest BCUT2D eigenvalue weighted by Gasteiger charge is -2.44. The van der Waals surface area contributed by atoms with E-state index in [-0.39, 0.29) is 23.0 Å². The highest BCUT2D eigenvalue weighted by atomic mass is 16.5. The highest BCUT2D eigenvalue weighted by molar-refractivity contribution is 5.74. The average Bonchev–Trinajstić information content (AvgIpc) is 2.85. The lowest BCUT2D eigenvalue weighted by atomic mass is 9.78. The third-order valence-corrected chi connectivity index (χ3v) is 8.30. The van der Waals surface area contributed by atoms with Crippen LogP contribution in [-0.2, 0) is 11.8 Å². The molecule has 0 spiro atoms. The molecule has 2 aromatic rings. The first-order chi connectivity index (χ1) is 16.2. The predicted octanol–water partition coefficient (Wildman–Crippen LogP) is 8.92. The van der Waals surface area contributed by atoms with E-state index in [1.807, 2.05) is 0 Å². The molecule has 0 fully saturated rings. The van der Waals surface area contributed by atoms with Crippen LogP contribution in [-0.4, -0.2) is 12.1 Å². The summed E-state index contributed by atoms with van der Waals surface area (Å²) in [7, 11) is 0. The fraction of sp³-hybridized carbons (Fsp3) is 0.500. The normalized spacial score (nSPS) is 19.9. The van der Waals surface area contributed by atoms with E-state index in [0.717, 1.165) is 30.7 Å². The van der Waals surface area contributed by atoms with Crippen molar-refractivity contribution in [1.82, 2.24) is 0 Å². The first-order valence-electron chi connectivity index (χ1n) is 13.3. The molecule has 0 bridgehead atoms. The minimum Gasteiger partial charge on any atom is -0.482 e. The van der Waals surface area contributed by atoms with Crippen molar-refractivity contribution >= 4 is 11.4 Å². The van der Waals surface area contributed by atoms with Crippen LogP contribution in [0.4, 0.5) is 11.4 Å². The number of benzene rings is 2. The van der Waals surface area contributed by atoms with Gasteiger partial charge in [0.25, 0.3) is 0 Å². The van der Waals surface area contributed by atoms with Gasteiger partial charge in [-0.1, -0.05) is 85.2 Å². The number of ether oxygens (including phenoxy) is 1. The van der Waals surface area contributed by atoms with Crippen LogP contribution in [0.15, 0.2) is 66.3 Å². The Bertz CT molecular complexity index is 1060. The molecule has 0 aromatic heterocycles. The van der Waals surface area contributed by atoms with Crippen molar-refractivity contribution in [2.45, 2.75) is 98.1 Å². The Labute approximate surface area is 207 Å². The van der Waals surface area contributed by atoms with Crippen LogP contribution in [0, 0.1) is 5.41 Å². The van der Waals surface area contributed by atoms with Crippen LogP contribution in [0.2, 0.25) is 0 Å². The van der Waals surface area contributed by atoms with Crippen LogP contribution in [0.25, 0.3) is 0 Å². The van der Waals surface area contributed by atoms with Crippen LogP contribution in [0.1, 0.15) is 85.3 Å². The number of nitrogens with zero attached hydrogens (tertiary/aromatic N) is 1. The second-order valence-electron chi connectivity index (χ2n) is 11.4. The third kappa shape index (κ3) is 4.69. The summed E-state index contributed by atoms with van der Waals surface area (Å²) >= 11 is 0. The van der Waals surface area contributed by atoms with Gasteiger partial charge in [-0.05, 0) is 83.6 Å². The molecule has 0 saturated carbocycles. The maximum atomic E-state index is 6.75. The highest BCUT2D eigenvalue weighted by Crippen LogP contribution is 2.46. The Kier molecular flexibility index (Phi) is 6.99. The number of unbranched alkanes of at least 4 members (excludes halogenated alkanes) is 1. The fourth-order valence-electron chi connectivity index (χ4n) is 4.89. The SMILES string of the molecule is CCCCc1ccc(N2c3ccc(C(C)(C)CC)cc3OC3C=C(C(C)(C)CC)C=CC32)cc1. The summed E-state index contributed by atoms with van der Waals surface area (Å²) in [6, 6.07) is 16.2. The van der Waals surface area contributed by atoms with E-state index in [4.69, 9.17) is 4.74 Å². The molecule has 2 aromatic carbocycles. The summed E-state index contributed by atoms with van der Waals surface area (Å²) < 4.78 is 6.75. The number of hydrogen-bond donors (Lipinski definition) is 0. The molecule has 4 rings (SSSR count). The maximum Gasteiger partial charge on any atom is 0.144 e. The average molecular weight is 458 g/mol. The lowest BCUT2D eigenvalue weighted by Crippen LogP contribution is -2.47. The Hall–Kier alpha value is -2.48. The van der Waals surface area contributed by atoms with Crippen molar-refractivity contribution in [3.63, 3.8) is 0 Å². The summed E-state index contributed by atoms with van der Waals surface area (Å²) in [4.78, 5) is 2.48. The molecule has 1 aliphatic heterocycles. The van der Waals surface area contributed by atoms with Gasteiger partial charge in [-0.3, -0.25) is 0 Å². The topological polar surface area (TPSA) is 12.5 Å². The van der Waals surface area contributed by atoms with Gasteiger partial charge in [0.15, 0.2) is 0 Å². The van der Waals surface area contributed by atoms with E-state index in [1.54, 1.807) is 0 Å². The molecule has 0 saturated heterocycles. The van der Waals surface area contributed by atoms with Crippen molar-refractivity contribution < 1.29 is 4.74 Å². The van der Waals surface area contributed by atoms with E-state index in [2.05, 4.69) is 114 Å². The summed E-state index contributed by atoms with van der Waals surface area (Å²) in [5.41, 5.74) is 6.79. The molecule has 2 atom stereocenters. The molecular weight excluding hydrogens is 414 g/mol. The summed E-state index contributed by atoms with van der Waals surface area (Å²) in [6.07, 6.45) is 12.9. The molecule has 1 heterocycles. The molecule has 2 heteroatoms. The second kappa shape index (κ2) is 9.64. The van der Waals surface area contributed by atoms with E-state index >= 15 is 0 Å². The summed E-state index contributed by atoms with van der Waals surface area (Å²) in [6.45, 7) is 16.1. The molecule has 2 aliphatic rings. The standard InChI is InChI=1S/C32H43NO/c1-8-11-12-23-13-17-26(18-14-23)33-27-19-15-24(31(4,5)9-2)21-29(27)34-30-22-25(16-20-28(30)33)32(6,7)10-3/h13-22,27,29H,8-12H2,1-7H3. The third-order valence-electron chi connectivity index (χ3n) is 8.30. The van der Waals surface area contributed by atoms with Crippen molar-refractivity contribution in [2.75, 3.05) is 4.90 Å². The van der Waals surface area contributed by atoms with Gasteiger partial charge in [-0.2, -0.15) is 0 Å². The molecular formula is C32H43NO. The lowest BCUT2D eigenvalue weighted by molar-refractivity contribution is 0.213.